The van der Waals surface area contributed by atoms with Crippen LogP contribution in [0.1, 0.15) is 5.56 Å². The highest BCUT2D eigenvalue weighted by molar-refractivity contribution is 7.71. The third kappa shape index (κ3) is 2.26. The first-order valence-electron chi connectivity index (χ1n) is 4.38. The molecule has 2 rings (SSSR count). The molecule has 1 N–H and O–H groups in total. The molecule has 80 valence electrons. The minimum atomic E-state index is -0.385. The van der Waals surface area contributed by atoms with Crippen molar-refractivity contribution in [3.63, 3.8) is 0 Å². The molecule has 6 nitrogen and oxygen atoms in total. The standard InChI is InChI=1S/C9H7N5OS/c15-8-6-11-13-9(16)14(8)12-5-7-2-1-3-10-4-7/h1-6H,(H,13,16)/b12-5-. The van der Waals surface area contributed by atoms with Gasteiger partial charge in [-0.2, -0.15) is 14.9 Å². The molecule has 2 heterocycles. The van der Waals surface area contributed by atoms with E-state index in [-0.39, 0.29) is 10.3 Å². The summed E-state index contributed by atoms with van der Waals surface area (Å²) in [6.45, 7) is 0. The number of pyridine rings is 1. The third-order valence-corrected chi connectivity index (χ3v) is 2.01. The first-order chi connectivity index (χ1) is 7.77. The van der Waals surface area contributed by atoms with Crippen molar-refractivity contribution in [2.75, 3.05) is 0 Å². The monoisotopic (exact) mass is 233 g/mol. The molecular weight excluding hydrogens is 226 g/mol. The Labute approximate surface area is 95.3 Å². The fraction of sp³-hybridized carbons (Fsp3) is 0. The van der Waals surface area contributed by atoms with Crippen LogP contribution < -0.4 is 5.56 Å². The summed E-state index contributed by atoms with van der Waals surface area (Å²) < 4.78 is 1.20. The SMILES string of the molecule is O=c1cn[nH]c(=S)n1/N=C\c1cccnc1. The lowest BCUT2D eigenvalue weighted by molar-refractivity contribution is 0.738. The van der Waals surface area contributed by atoms with Gasteiger partial charge in [0.15, 0.2) is 0 Å². The highest BCUT2D eigenvalue weighted by atomic mass is 32.1. The summed E-state index contributed by atoms with van der Waals surface area (Å²) in [5.41, 5.74) is 0.393. The zero-order valence-electron chi connectivity index (χ0n) is 8.07. The maximum atomic E-state index is 11.3. The van der Waals surface area contributed by atoms with Gasteiger partial charge in [0.25, 0.3) is 5.56 Å². The number of H-pyrrole nitrogens is 1. The van der Waals surface area contributed by atoms with Gasteiger partial charge < -0.3 is 0 Å². The van der Waals surface area contributed by atoms with Gasteiger partial charge in [-0.15, -0.1) is 0 Å². The summed E-state index contributed by atoms with van der Waals surface area (Å²) >= 11 is 4.87. The Hall–Kier alpha value is -2.15. The quantitative estimate of drug-likeness (QED) is 0.608. The topological polar surface area (TPSA) is 75.9 Å². The summed E-state index contributed by atoms with van der Waals surface area (Å²) in [5, 5.41) is 9.97. The molecule has 0 saturated heterocycles. The van der Waals surface area contributed by atoms with Gasteiger partial charge in [-0.05, 0) is 18.3 Å². The Morgan fingerprint density at radius 1 is 1.50 bits per heavy atom. The molecule has 0 spiro atoms. The van der Waals surface area contributed by atoms with Crippen LogP contribution in [0.5, 0.6) is 0 Å². The number of nitrogens with zero attached hydrogens (tertiary/aromatic N) is 4. The average molecular weight is 233 g/mol. The van der Waals surface area contributed by atoms with E-state index in [1.54, 1.807) is 18.5 Å². The van der Waals surface area contributed by atoms with Gasteiger partial charge in [0, 0.05) is 18.0 Å². The predicted molar refractivity (Wildman–Crippen MR) is 60.9 cm³/mol. The third-order valence-electron chi connectivity index (χ3n) is 1.74. The molecule has 2 aromatic rings. The molecule has 2 aromatic heterocycles. The van der Waals surface area contributed by atoms with Crippen molar-refractivity contribution < 1.29 is 0 Å². The second-order valence-corrected chi connectivity index (χ2v) is 3.24. The lowest BCUT2D eigenvalue weighted by atomic mass is 10.3. The minimum absolute atomic E-state index is 0.146. The lowest BCUT2D eigenvalue weighted by Crippen LogP contribution is -2.18. The Balaban J connectivity index is 2.39. The predicted octanol–water partition coefficient (Wildman–Crippen LogP) is 0.578. The van der Waals surface area contributed by atoms with Crippen LogP contribution >= 0.6 is 12.2 Å². The van der Waals surface area contributed by atoms with E-state index in [4.69, 9.17) is 12.2 Å². The van der Waals surface area contributed by atoms with E-state index in [1.807, 2.05) is 6.07 Å². The molecule has 0 atom stereocenters. The molecule has 0 aliphatic carbocycles. The normalized spacial score (nSPS) is 10.8. The van der Waals surface area contributed by atoms with E-state index in [2.05, 4.69) is 20.3 Å². The van der Waals surface area contributed by atoms with E-state index in [9.17, 15) is 4.79 Å². The van der Waals surface area contributed by atoms with E-state index < -0.39 is 0 Å². The fourth-order valence-electron chi connectivity index (χ4n) is 1.03. The van der Waals surface area contributed by atoms with E-state index in [0.717, 1.165) is 16.4 Å². The molecule has 0 aromatic carbocycles. The Kier molecular flexibility index (Phi) is 2.97. The summed E-state index contributed by atoms with van der Waals surface area (Å²) in [6, 6.07) is 3.59. The minimum Gasteiger partial charge on any atom is -0.265 e. The molecule has 16 heavy (non-hydrogen) atoms. The molecule has 0 amide bonds. The molecule has 0 fully saturated rings. The molecule has 7 heteroatoms. The molecular formula is C9H7N5OS. The van der Waals surface area contributed by atoms with Crippen LogP contribution in [0.25, 0.3) is 0 Å². The van der Waals surface area contributed by atoms with Crippen LogP contribution in [-0.2, 0) is 0 Å². The van der Waals surface area contributed by atoms with Crippen LogP contribution in [-0.4, -0.2) is 26.1 Å². The van der Waals surface area contributed by atoms with Crippen molar-refractivity contribution >= 4 is 18.4 Å². The summed E-state index contributed by atoms with van der Waals surface area (Å²) in [6.07, 6.45) is 5.89. The van der Waals surface area contributed by atoms with Crippen LogP contribution in [0, 0.1) is 4.77 Å². The average Bonchev–Trinajstić information content (AvgIpc) is 2.30. The van der Waals surface area contributed by atoms with Crippen molar-refractivity contribution in [3.05, 3.63) is 51.4 Å². The number of rotatable bonds is 2. The number of hydrogen-bond acceptors (Lipinski definition) is 5. The van der Waals surface area contributed by atoms with Crippen molar-refractivity contribution in [3.8, 4) is 0 Å². The first-order valence-corrected chi connectivity index (χ1v) is 4.79. The molecule has 0 aliphatic heterocycles. The molecule has 0 unspecified atom stereocenters. The molecule has 0 bridgehead atoms. The van der Waals surface area contributed by atoms with Gasteiger partial charge in [0.05, 0.1) is 6.21 Å². The highest BCUT2D eigenvalue weighted by Crippen LogP contribution is 1.91. The number of nitrogens with one attached hydrogen (secondary N) is 1. The summed E-state index contributed by atoms with van der Waals surface area (Å²) in [4.78, 5) is 15.3. The molecule has 0 radical (unpaired) electrons. The second-order valence-electron chi connectivity index (χ2n) is 2.86. The van der Waals surface area contributed by atoms with Gasteiger partial charge in [0.2, 0.25) is 4.77 Å². The second kappa shape index (κ2) is 4.58. The molecule has 0 aliphatic rings. The maximum Gasteiger partial charge on any atom is 0.293 e. The Bertz CT molecular complexity index is 587. The number of aromatic amines is 1. The van der Waals surface area contributed by atoms with Crippen LogP contribution in [0.2, 0.25) is 0 Å². The number of aromatic nitrogens is 4. The Morgan fingerprint density at radius 3 is 3.06 bits per heavy atom. The van der Waals surface area contributed by atoms with Crippen LogP contribution in [0.3, 0.4) is 0 Å². The fourth-order valence-corrected chi connectivity index (χ4v) is 1.22. The van der Waals surface area contributed by atoms with Gasteiger partial charge in [-0.25, -0.2) is 0 Å². The Morgan fingerprint density at radius 2 is 2.38 bits per heavy atom. The van der Waals surface area contributed by atoms with Crippen molar-refractivity contribution in [2.24, 2.45) is 5.10 Å². The van der Waals surface area contributed by atoms with E-state index in [0.29, 0.717) is 0 Å². The van der Waals surface area contributed by atoms with Crippen molar-refractivity contribution in [2.45, 2.75) is 0 Å². The van der Waals surface area contributed by atoms with Crippen molar-refractivity contribution in [1.29, 1.82) is 0 Å². The zero-order chi connectivity index (χ0) is 11.4. The van der Waals surface area contributed by atoms with Crippen molar-refractivity contribution in [1.82, 2.24) is 19.9 Å². The van der Waals surface area contributed by atoms with E-state index >= 15 is 0 Å². The lowest BCUT2D eigenvalue weighted by Gasteiger charge is -1.95. The van der Waals surface area contributed by atoms with Gasteiger partial charge in [0.1, 0.15) is 6.20 Å². The smallest absolute Gasteiger partial charge is 0.265 e. The zero-order valence-corrected chi connectivity index (χ0v) is 8.89. The van der Waals surface area contributed by atoms with E-state index in [1.165, 1.54) is 6.21 Å². The van der Waals surface area contributed by atoms with Crippen LogP contribution in [0.15, 0.2) is 40.6 Å². The van der Waals surface area contributed by atoms with Crippen LogP contribution in [0.4, 0.5) is 0 Å². The molecule has 0 saturated carbocycles. The largest absolute Gasteiger partial charge is 0.293 e. The first kappa shape index (κ1) is 10.4. The van der Waals surface area contributed by atoms with Gasteiger partial charge in [-0.3, -0.25) is 14.9 Å². The summed E-state index contributed by atoms with van der Waals surface area (Å²) in [5.74, 6) is 0. The highest BCUT2D eigenvalue weighted by Gasteiger charge is 1.94. The number of hydrogen-bond donors (Lipinski definition) is 1. The van der Waals surface area contributed by atoms with Gasteiger partial charge >= 0.3 is 0 Å². The summed E-state index contributed by atoms with van der Waals surface area (Å²) in [7, 11) is 0. The maximum absolute atomic E-state index is 11.3. The van der Waals surface area contributed by atoms with Gasteiger partial charge in [-0.1, -0.05) is 6.07 Å².